The van der Waals surface area contributed by atoms with Crippen LogP contribution in [0.3, 0.4) is 0 Å². The molecule has 2 heterocycles. The van der Waals surface area contributed by atoms with Gasteiger partial charge in [0.25, 0.3) is 0 Å². The van der Waals surface area contributed by atoms with Crippen molar-refractivity contribution in [2.75, 3.05) is 19.8 Å². The summed E-state index contributed by atoms with van der Waals surface area (Å²) in [7, 11) is 0. The largest absolute Gasteiger partial charge is 0.394 e. The number of aliphatic hydroxyl groups excluding tert-OH is 8. The summed E-state index contributed by atoms with van der Waals surface area (Å²) >= 11 is 0. The van der Waals surface area contributed by atoms with Gasteiger partial charge in [0.05, 0.1) is 32.0 Å². The predicted molar refractivity (Wildman–Crippen MR) is 341 cm³/mol. The Morgan fingerprint density at radius 2 is 0.798 bits per heavy atom. The number of amides is 1. The summed E-state index contributed by atoms with van der Waals surface area (Å²) in [6, 6.07) is -0.942. The van der Waals surface area contributed by atoms with Crippen LogP contribution in [0.4, 0.5) is 0 Å². The first-order valence-corrected chi connectivity index (χ1v) is 34.5. The van der Waals surface area contributed by atoms with Gasteiger partial charge in [0.1, 0.15) is 48.8 Å². The summed E-state index contributed by atoms with van der Waals surface area (Å²) in [5, 5.41) is 87.3. The zero-order chi connectivity index (χ0) is 60.9. The Kier molecular flexibility index (Phi) is 50.8. The van der Waals surface area contributed by atoms with Gasteiger partial charge in [-0.2, -0.15) is 0 Å². The molecule has 2 aliphatic rings. The van der Waals surface area contributed by atoms with Gasteiger partial charge < -0.3 is 65.1 Å². The first-order chi connectivity index (χ1) is 41.1. The van der Waals surface area contributed by atoms with Gasteiger partial charge in [0.15, 0.2) is 12.6 Å². The maximum Gasteiger partial charge on any atom is 0.220 e. The molecule has 490 valence electrons. The molecule has 0 spiro atoms. The minimum atomic E-state index is -1.80. The molecule has 1 amide bonds. The van der Waals surface area contributed by atoms with Crippen molar-refractivity contribution in [1.29, 1.82) is 0 Å². The SMILES string of the molecule is CCCCC/C=C\C/C=C\C/C=C\CCCCCCCCC(=O)NC(COC1OC(CO)C(OC2OC(CO)C(O)C(O)C2O)C(O)C1O)C(O)/C=C/CC/C=C/CCCCCCCCCCCCCCCCCCCCCCCCCCC. The van der Waals surface area contributed by atoms with E-state index in [-0.39, 0.29) is 18.9 Å². The molecule has 0 bridgehead atoms. The second-order valence-electron chi connectivity index (χ2n) is 24.3. The summed E-state index contributed by atoms with van der Waals surface area (Å²) < 4.78 is 22.8. The van der Waals surface area contributed by atoms with Gasteiger partial charge in [0, 0.05) is 6.42 Å². The standard InChI is InChI=1S/C70H127NO13/c1-3-5-7-9-11-13-15-17-19-21-23-24-25-26-27-28-29-30-31-32-33-34-36-37-39-41-43-45-47-49-51-53-59(74)58(71-62(75)54-52-50-48-46-44-42-40-38-35-22-20-18-16-14-12-10-8-6-4-2)57-81-69-67(80)65(78)68(61(56-73)83-69)84-70-66(79)64(77)63(76)60(55-72)82-70/h12,14,18,20,35,38,43,45,51,53,58-61,63-70,72-74,76-80H,3-11,13,15-17,19,21-34,36-37,39-42,44,46-50,52,54-57H2,1-2H3,(H,71,75)/b14-12-,20-18-,38-35-,45-43+,53-51+. The van der Waals surface area contributed by atoms with Crippen molar-refractivity contribution in [1.82, 2.24) is 5.32 Å². The maximum atomic E-state index is 13.3. The van der Waals surface area contributed by atoms with E-state index in [9.17, 15) is 45.6 Å². The minimum Gasteiger partial charge on any atom is -0.394 e. The number of rotatable bonds is 56. The number of hydrogen-bond acceptors (Lipinski definition) is 13. The summed E-state index contributed by atoms with van der Waals surface area (Å²) in [4.78, 5) is 13.3. The van der Waals surface area contributed by atoms with Crippen molar-refractivity contribution < 1.29 is 64.6 Å². The van der Waals surface area contributed by atoms with Crippen LogP contribution in [0.1, 0.15) is 284 Å². The second kappa shape index (κ2) is 54.8. The van der Waals surface area contributed by atoms with Crippen molar-refractivity contribution in [3.05, 3.63) is 60.8 Å². The number of unbranched alkanes of at least 4 members (excludes halogenated alkanes) is 35. The lowest BCUT2D eigenvalue weighted by atomic mass is 9.97. The van der Waals surface area contributed by atoms with Crippen LogP contribution < -0.4 is 5.32 Å². The highest BCUT2D eigenvalue weighted by Crippen LogP contribution is 2.30. The fraction of sp³-hybridized carbons (Fsp3) is 0.843. The van der Waals surface area contributed by atoms with Crippen molar-refractivity contribution in [3.63, 3.8) is 0 Å². The van der Waals surface area contributed by atoms with E-state index in [4.69, 9.17) is 18.9 Å². The molecular formula is C70H127NO13. The van der Waals surface area contributed by atoms with Crippen LogP contribution in [0, 0.1) is 0 Å². The van der Waals surface area contributed by atoms with Crippen LogP contribution in [-0.2, 0) is 23.7 Å². The topological polar surface area (TPSA) is 228 Å². The quantitative estimate of drug-likeness (QED) is 0.0204. The van der Waals surface area contributed by atoms with Crippen LogP contribution in [-0.4, -0.2) is 140 Å². The normalized spacial score (nSPS) is 24.0. The van der Waals surface area contributed by atoms with E-state index < -0.39 is 86.8 Å². The summed E-state index contributed by atoms with van der Waals surface area (Å²) in [6.07, 6.45) is 55.7. The third-order valence-electron chi connectivity index (χ3n) is 16.7. The fourth-order valence-electron chi connectivity index (χ4n) is 11.1. The van der Waals surface area contributed by atoms with E-state index in [1.165, 1.54) is 186 Å². The van der Waals surface area contributed by atoms with E-state index in [1.54, 1.807) is 6.08 Å². The van der Waals surface area contributed by atoms with Crippen LogP contribution in [0.5, 0.6) is 0 Å². The lowest BCUT2D eigenvalue weighted by molar-refractivity contribution is -0.359. The van der Waals surface area contributed by atoms with E-state index in [2.05, 4.69) is 67.8 Å². The third-order valence-corrected chi connectivity index (χ3v) is 16.7. The van der Waals surface area contributed by atoms with Gasteiger partial charge >= 0.3 is 0 Å². The molecule has 0 aromatic carbocycles. The van der Waals surface area contributed by atoms with E-state index >= 15 is 0 Å². The summed E-state index contributed by atoms with van der Waals surface area (Å²) in [5.74, 6) is -0.261. The molecule has 2 saturated heterocycles. The Morgan fingerprint density at radius 1 is 0.429 bits per heavy atom. The van der Waals surface area contributed by atoms with Crippen molar-refractivity contribution >= 4 is 5.91 Å². The molecule has 84 heavy (non-hydrogen) atoms. The first kappa shape index (κ1) is 77.8. The van der Waals surface area contributed by atoms with Crippen molar-refractivity contribution in [3.8, 4) is 0 Å². The van der Waals surface area contributed by atoms with Gasteiger partial charge in [-0.3, -0.25) is 4.79 Å². The Balaban J connectivity index is 1.70. The van der Waals surface area contributed by atoms with Gasteiger partial charge in [-0.1, -0.05) is 267 Å². The molecule has 12 unspecified atom stereocenters. The predicted octanol–water partition coefficient (Wildman–Crippen LogP) is 13.7. The molecule has 14 nitrogen and oxygen atoms in total. The first-order valence-electron chi connectivity index (χ1n) is 34.5. The summed E-state index contributed by atoms with van der Waals surface area (Å²) in [6.45, 7) is 2.77. The minimum absolute atomic E-state index is 0.257. The second-order valence-corrected chi connectivity index (χ2v) is 24.3. The Labute approximate surface area is 511 Å². The van der Waals surface area contributed by atoms with Crippen LogP contribution in [0.25, 0.3) is 0 Å². The number of allylic oxidation sites excluding steroid dienone is 9. The maximum absolute atomic E-state index is 13.3. The number of hydrogen-bond donors (Lipinski definition) is 9. The highest BCUT2D eigenvalue weighted by atomic mass is 16.7. The van der Waals surface area contributed by atoms with Crippen molar-refractivity contribution in [2.45, 2.75) is 357 Å². The Hall–Kier alpha value is -2.31. The van der Waals surface area contributed by atoms with Gasteiger partial charge in [-0.05, 0) is 70.6 Å². The highest BCUT2D eigenvalue weighted by molar-refractivity contribution is 5.76. The monoisotopic (exact) mass is 1190 g/mol. The molecule has 14 heteroatoms. The van der Waals surface area contributed by atoms with Crippen LogP contribution in [0.2, 0.25) is 0 Å². The number of carbonyl (C=O) groups excluding carboxylic acids is 1. The average Bonchev–Trinajstić information content (AvgIpc) is 3.62. The smallest absolute Gasteiger partial charge is 0.220 e. The highest BCUT2D eigenvalue weighted by Gasteiger charge is 2.51. The number of carbonyl (C=O) groups is 1. The molecule has 0 aliphatic carbocycles. The van der Waals surface area contributed by atoms with Crippen molar-refractivity contribution in [2.24, 2.45) is 0 Å². The molecule has 2 fully saturated rings. The molecule has 12 atom stereocenters. The van der Waals surface area contributed by atoms with E-state index in [0.29, 0.717) is 12.8 Å². The molecule has 2 aliphatic heterocycles. The van der Waals surface area contributed by atoms with Gasteiger partial charge in [0.2, 0.25) is 5.91 Å². The molecular weight excluding hydrogens is 1060 g/mol. The molecule has 0 aromatic heterocycles. The summed E-state index contributed by atoms with van der Waals surface area (Å²) in [5.41, 5.74) is 0. The zero-order valence-electron chi connectivity index (χ0n) is 53.1. The zero-order valence-corrected chi connectivity index (χ0v) is 53.1. The number of aliphatic hydroxyl groups is 8. The van der Waals surface area contributed by atoms with E-state index in [0.717, 1.165) is 64.2 Å². The number of nitrogens with one attached hydrogen (secondary N) is 1. The Bertz CT molecular complexity index is 1640. The Morgan fingerprint density at radius 3 is 1.27 bits per heavy atom. The molecule has 0 radical (unpaired) electrons. The van der Waals surface area contributed by atoms with Gasteiger partial charge in [-0.25, -0.2) is 0 Å². The molecule has 0 aromatic rings. The average molecular weight is 1190 g/mol. The van der Waals surface area contributed by atoms with Crippen LogP contribution in [0.15, 0.2) is 60.8 Å². The molecule has 0 saturated carbocycles. The van der Waals surface area contributed by atoms with Crippen LogP contribution >= 0.6 is 0 Å². The molecule has 2 rings (SSSR count). The lowest BCUT2D eigenvalue weighted by Gasteiger charge is -2.46. The van der Waals surface area contributed by atoms with E-state index in [1.807, 2.05) is 6.08 Å². The van der Waals surface area contributed by atoms with Gasteiger partial charge in [-0.15, -0.1) is 0 Å². The lowest BCUT2D eigenvalue weighted by Crippen LogP contribution is -2.65. The molecule has 9 N–H and O–H groups in total. The number of ether oxygens (including phenoxy) is 4. The third kappa shape index (κ3) is 38.9. The fourth-order valence-corrected chi connectivity index (χ4v) is 11.1.